The molecule has 4 unspecified atom stereocenters. The SMILES string of the molecule is CC1C2C=CC(CCCCCCCCCCC2)C1C(=O)O. The van der Waals surface area contributed by atoms with E-state index >= 15 is 0 Å². The number of hydrogen-bond acceptors (Lipinski definition) is 1. The zero-order chi connectivity index (χ0) is 15.1. The zero-order valence-corrected chi connectivity index (χ0v) is 13.6. The molecule has 21 heavy (non-hydrogen) atoms. The molecule has 3 aliphatic carbocycles. The maximum absolute atomic E-state index is 11.7. The lowest BCUT2D eigenvalue weighted by molar-refractivity contribution is -0.146. The molecule has 0 amide bonds. The zero-order valence-electron chi connectivity index (χ0n) is 13.6. The van der Waals surface area contributed by atoms with Gasteiger partial charge < -0.3 is 5.11 Å². The fourth-order valence-corrected chi connectivity index (χ4v) is 4.28. The topological polar surface area (TPSA) is 37.3 Å². The van der Waals surface area contributed by atoms with Crippen LogP contribution in [-0.2, 0) is 4.79 Å². The molecular formula is C19H32O2. The van der Waals surface area contributed by atoms with Crippen molar-refractivity contribution >= 4 is 5.97 Å². The van der Waals surface area contributed by atoms with Gasteiger partial charge in [-0.05, 0) is 30.6 Å². The minimum Gasteiger partial charge on any atom is -0.481 e. The third-order valence-electron chi connectivity index (χ3n) is 5.67. The largest absolute Gasteiger partial charge is 0.481 e. The van der Waals surface area contributed by atoms with Gasteiger partial charge in [-0.25, -0.2) is 0 Å². The molecule has 0 aromatic rings. The van der Waals surface area contributed by atoms with Crippen molar-refractivity contribution in [2.45, 2.75) is 77.6 Å². The second-order valence-electron chi connectivity index (χ2n) is 7.20. The van der Waals surface area contributed by atoms with Gasteiger partial charge in [-0.15, -0.1) is 0 Å². The predicted octanol–water partition coefficient (Wildman–Crippen LogP) is 5.43. The van der Waals surface area contributed by atoms with E-state index < -0.39 is 5.97 Å². The molecule has 0 heterocycles. The van der Waals surface area contributed by atoms with E-state index in [1.165, 1.54) is 64.2 Å². The summed E-state index contributed by atoms with van der Waals surface area (Å²) in [5.41, 5.74) is 0. The Balaban J connectivity index is 2.03. The van der Waals surface area contributed by atoms with E-state index in [-0.39, 0.29) is 11.8 Å². The van der Waals surface area contributed by atoms with Crippen LogP contribution in [0.2, 0.25) is 0 Å². The van der Waals surface area contributed by atoms with E-state index in [0.29, 0.717) is 11.8 Å². The highest BCUT2D eigenvalue weighted by atomic mass is 16.4. The molecule has 0 radical (unpaired) electrons. The van der Waals surface area contributed by atoms with Crippen LogP contribution in [0.1, 0.15) is 77.6 Å². The summed E-state index contributed by atoms with van der Waals surface area (Å²) in [5.74, 6) is 0.297. The van der Waals surface area contributed by atoms with Crippen molar-refractivity contribution in [3.8, 4) is 0 Å². The van der Waals surface area contributed by atoms with Crippen LogP contribution in [0, 0.1) is 23.7 Å². The molecular weight excluding hydrogens is 260 g/mol. The van der Waals surface area contributed by atoms with Crippen molar-refractivity contribution in [2.75, 3.05) is 0 Å². The Morgan fingerprint density at radius 1 is 0.810 bits per heavy atom. The van der Waals surface area contributed by atoms with E-state index in [9.17, 15) is 9.90 Å². The van der Waals surface area contributed by atoms with Crippen LogP contribution < -0.4 is 0 Å². The number of carboxylic acids is 1. The van der Waals surface area contributed by atoms with Crippen LogP contribution in [-0.4, -0.2) is 11.1 Å². The van der Waals surface area contributed by atoms with Gasteiger partial charge in [0.05, 0.1) is 5.92 Å². The number of carboxylic acid groups (broad SMARTS) is 1. The second kappa shape index (κ2) is 8.60. The summed E-state index contributed by atoms with van der Waals surface area (Å²) >= 11 is 0. The molecule has 120 valence electrons. The standard InChI is InChI=1S/C19H32O2/c1-15-16-11-9-7-5-3-2-4-6-8-10-12-17(14-13-16)18(15)19(20)21/h13-18H,2-12H2,1H3,(H,20,21). The number of rotatable bonds is 1. The summed E-state index contributed by atoms with van der Waals surface area (Å²) in [5, 5.41) is 9.65. The summed E-state index contributed by atoms with van der Waals surface area (Å²) in [7, 11) is 0. The Kier molecular flexibility index (Phi) is 6.79. The average Bonchev–Trinajstić information content (AvgIpc) is 2.46. The minimum atomic E-state index is -0.578. The van der Waals surface area contributed by atoms with Crippen molar-refractivity contribution in [1.82, 2.24) is 0 Å². The van der Waals surface area contributed by atoms with Crippen LogP contribution in [0.5, 0.6) is 0 Å². The predicted molar refractivity (Wildman–Crippen MR) is 87.2 cm³/mol. The van der Waals surface area contributed by atoms with Gasteiger partial charge in [-0.1, -0.05) is 76.9 Å². The highest BCUT2D eigenvalue weighted by Crippen LogP contribution is 2.39. The molecule has 2 nitrogen and oxygen atoms in total. The molecule has 0 aromatic carbocycles. The van der Waals surface area contributed by atoms with Gasteiger partial charge in [0.2, 0.25) is 0 Å². The normalized spacial score (nSPS) is 35.9. The Bertz CT molecular complexity index is 347. The first-order valence-corrected chi connectivity index (χ1v) is 9.11. The summed E-state index contributed by atoms with van der Waals surface area (Å²) in [4.78, 5) is 11.7. The van der Waals surface area contributed by atoms with E-state index in [1.54, 1.807) is 0 Å². The van der Waals surface area contributed by atoms with Crippen molar-refractivity contribution < 1.29 is 9.90 Å². The maximum Gasteiger partial charge on any atom is 0.307 e. The molecule has 4 atom stereocenters. The molecule has 0 aromatic heterocycles. The van der Waals surface area contributed by atoms with Crippen LogP contribution in [0.4, 0.5) is 0 Å². The monoisotopic (exact) mass is 292 g/mol. The smallest absolute Gasteiger partial charge is 0.307 e. The fraction of sp³-hybridized carbons (Fsp3) is 0.842. The van der Waals surface area contributed by atoms with Crippen LogP contribution >= 0.6 is 0 Å². The highest BCUT2D eigenvalue weighted by molar-refractivity contribution is 5.71. The number of aliphatic carboxylic acids is 1. The van der Waals surface area contributed by atoms with Crippen molar-refractivity contribution in [1.29, 1.82) is 0 Å². The molecule has 2 bridgehead atoms. The molecule has 2 heteroatoms. The van der Waals surface area contributed by atoms with Crippen LogP contribution in [0.15, 0.2) is 12.2 Å². The molecule has 0 saturated heterocycles. The Labute approximate surface area is 130 Å². The molecule has 0 spiro atoms. The molecule has 3 aliphatic rings. The van der Waals surface area contributed by atoms with Gasteiger partial charge in [0.25, 0.3) is 0 Å². The second-order valence-corrected chi connectivity index (χ2v) is 7.20. The maximum atomic E-state index is 11.7. The lowest BCUT2D eigenvalue weighted by Gasteiger charge is -2.35. The van der Waals surface area contributed by atoms with Crippen LogP contribution in [0.25, 0.3) is 0 Å². The molecule has 3 rings (SSSR count). The summed E-state index contributed by atoms with van der Waals surface area (Å²) in [6, 6.07) is 0. The van der Waals surface area contributed by atoms with Crippen molar-refractivity contribution in [3.63, 3.8) is 0 Å². The fourth-order valence-electron chi connectivity index (χ4n) is 4.28. The highest BCUT2D eigenvalue weighted by Gasteiger charge is 2.37. The summed E-state index contributed by atoms with van der Waals surface area (Å²) in [6.45, 7) is 2.16. The third kappa shape index (κ3) is 4.86. The van der Waals surface area contributed by atoms with Crippen molar-refractivity contribution in [2.24, 2.45) is 23.7 Å². The van der Waals surface area contributed by atoms with Gasteiger partial charge in [0, 0.05) is 0 Å². The van der Waals surface area contributed by atoms with Gasteiger partial charge in [-0.3, -0.25) is 4.79 Å². The minimum absolute atomic E-state index is 0.162. The first-order chi connectivity index (χ1) is 10.2. The lowest BCUT2D eigenvalue weighted by Crippen LogP contribution is -2.35. The van der Waals surface area contributed by atoms with Gasteiger partial charge >= 0.3 is 5.97 Å². The summed E-state index contributed by atoms with van der Waals surface area (Å²) in [6.07, 6.45) is 18.7. The lowest BCUT2D eigenvalue weighted by atomic mass is 9.68. The Morgan fingerprint density at radius 2 is 1.24 bits per heavy atom. The first-order valence-electron chi connectivity index (χ1n) is 9.11. The number of carbonyl (C=O) groups is 1. The quantitative estimate of drug-likeness (QED) is 0.654. The van der Waals surface area contributed by atoms with E-state index in [0.717, 1.165) is 6.42 Å². The van der Waals surface area contributed by atoms with Crippen LogP contribution in [0.3, 0.4) is 0 Å². The van der Waals surface area contributed by atoms with Gasteiger partial charge in [0.1, 0.15) is 0 Å². The number of hydrogen-bond donors (Lipinski definition) is 1. The first kappa shape index (κ1) is 16.6. The van der Waals surface area contributed by atoms with E-state index in [1.807, 2.05) is 0 Å². The molecule has 1 N–H and O–H groups in total. The molecule has 0 aliphatic heterocycles. The Morgan fingerprint density at radius 3 is 1.76 bits per heavy atom. The van der Waals surface area contributed by atoms with Gasteiger partial charge in [-0.2, -0.15) is 0 Å². The molecule has 1 saturated carbocycles. The van der Waals surface area contributed by atoms with E-state index in [4.69, 9.17) is 0 Å². The third-order valence-corrected chi connectivity index (χ3v) is 5.67. The average molecular weight is 292 g/mol. The molecule has 1 fully saturated rings. The van der Waals surface area contributed by atoms with E-state index in [2.05, 4.69) is 19.1 Å². The number of allylic oxidation sites excluding steroid dienone is 2. The van der Waals surface area contributed by atoms with Crippen molar-refractivity contribution in [3.05, 3.63) is 12.2 Å². The summed E-state index contributed by atoms with van der Waals surface area (Å²) < 4.78 is 0. The van der Waals surface area contributed by atoms with Gasteiger partial charge in [0.15, 0.2) is 0 Å². The Hall–Kier alpha value is -0.790. The number of fused-ring (bicyclic) bond motifs is 11.